The predicted octanol–water partition coefficient (Wildman–Crippen LogP) is 2.77. The lowest BCUT2D eigenvalue weighted by molar-refractivity contribution is -0.605. The molecule has 1 aromatic carbocycles. The van der Waals surface area contributed by atoms with Crippen molar-refractivity contribution in [2.75, 3.05) is 11.9 Å². The van der Waals surface area contributed by atoms with Crippen molar-refractivity contribution in [3.63, 3.8) is 0 Å². The van der Waals surface area contributed by atoms with Gasteiger partial charge in [0.15, 0.2) is 18.4 Å². The van der Waals surface area contributed by atoms with E-state index in [9.17, 15) is 14.8 Å². The maximum absolute atomic E-state index is 13.2. The molecule has 4 rings (SSSR count). The molecule has 0 unspecified atom stereocenters. The SMILES string of the molecule is C[C@@H]1C[C@H](N2C(=N)N[C@](C)(c3cccc(NC(=O)c4ccc[n+]([O-])c4)c3Cl)CC2=O)CCO1. The Bertz CT molecular complexity index is 1090. The van der Waals surface area contributed by atoms with Gasteiger partial charge in [-0.25, -0.2) is 0 Å². The van der Waals surface area contributed by atoms with Crippen LogP contribution in [-0.4, -0.2) is 41.4 Å². The Morgan fingerprint density at radius 2 is 2.18 bits per heavy atom. The van der Waals surface area contributed by atoms with E-state index >= 15 is 0 Å². The number of rotatable bonds is 4. The van der Waals surface area contributed by atoms with Crippen molar-refractivity contribution in [3.05, 3.63) is 64.1 Å². The molecule has 3 N–H and O–H groups in total. The number of ether oxygens (including phenoxy) is 1. The van der Waals surface area contributed by atoms with Crippen LogP contribution in [0.5, 0.6) is 0 Å². The largest absolute Gasteiger partial charge is 0.619 e. The number of nitrogens with one attached hydrogen (secondary N) is 3. The lowest BCUT2D eigenvalue weighted by atomic mass is 9.85. The number of pyridine rings is 1. The van der Waals surface area contributed by atoms with E-state index in [1.165, 1.54) is 29.4 Å². The number of aromatic nitrogens is 1. The molecular weight excluding hydrogens is 446 g/mol. The van der Waals surface area contributed by atoms with Gasteiger partial charge in [-0.3, -0.25) is 19.9 Å². The number of anilines is 1. The summed E-state index contributed by atoms with van der Waals surface area (Å²) in [5, 5.41) is 26.2. The Hall–Kier alpha value is -3.17. The van der Waals surface area contributed by atoms with Gasteiger partial charge in [-0.05, 0) is 44.4 Å². The Labute approximate surface area is 196 Å². The molecule has 2 amide bonds. The second-order valence-electron chi connectivity index (χ2n) is 8.68. The third kappa shape index (κ3) is 4.65. The molecule has 0 bridgehead atoms. The van der Waals surface area contributed by atoms with Gasteiger partial charge in [-0.1, -0.05) is 23.7 Å². The van der Waals surface area contributed by atoms with Crippen molar-refractivity contribution in [2.24, 2.45) is 0 Å². The van der Waals surface area contributed by atoms with E-state index in [4.69, 9.17) is 21.7 Å². The molecule has 1 aromatic heterocycles. The molecule has 2 fully saturated rings. The minimum atomic E-state index is -0.927. The molecule has 0 aliphatic carbocycles. The van der Waals surface area contributed by atoms with Gasteiger partial charge in [-0.15, -0.1) is 0 Å². The zero-order chi connectivity index (χ0) is 23.8. The van der Waals surface area contributed by atoms with E-state index in [0.717, 1.165) is 0 Å². The van der Waals surface area contributed by atoms with E-state index < -0.39 is 11.4 Å². The third-order valence-electron chi connectivity index (χ3n) is 6.11. The van der Waals surface area contributed by atoms with Crippen LogP contribution in [0.15, 0.2) is 42.7 Å². The molecule has 9 nitrogen and oxygen atoms in total. The third-order valence-corrected chi connectivity index (χ3v) is 6.52. The van der Waals surface area contributed by atoms with Gasteiger partial charge in [0.2, 0.25) is 5.91 Å². The summed E-state index contributed by atoms with van der Waals surface area (Å²) < 4.78 is 6.12. The van der Waals surface area contributed by atoms with Crippen molar-refractivity contribution < 1.29 is 19.1 Å². The zero-order valence-electron chi connectivity index (χ0n) is 18.4. The molecule has 2 aliphatic heterocycles. The first kappa shape index (κ1) is 23.0. The topological polar surface area (TPSA) is 121 Å². The second-order valence-corrected chi connectivity index (χ2v) is 9.06. The quantitative estimate of drug-likeness (QED) is 0.467. The van der Waals surface area contributed by atoms with Crippen LogP contribution in [0.2, 0.25) is 5.02 Å². The summed E-state index contributed by atoms with van der Waals surface area (Å²) in [5.74, 6) is -0.609. The van der Waals surface area contributed by atoms with Crippen LogP contribution in [0.1, 0.15) is 49.0 Å². The number of halogens is 1. The van der Waals surface area contributed by atoms with E-state index in [-0.39, 0.29) is 41.0 Å². The normalized spacial score (nSPS) is 25.5. The monoisotopic (exact) mass is 471 g/mol. The number of carbonyl (C=O) groups excluding carboxylic acids is 2. The highest BCUT2D eigenvalue weighted by molar-refractivity contribution is 6.35. The van der Waals surface area contributed by atoms with Gasteiger partial charge >= 0.3 is 0 Å². The highest BCUT2D eigenvalue weighted by Gasteiger charge is 2.43. The van der Waals surface area contributed by atoms with Crippen molar-refractivity contribution in [2.45, 2.75) is 50.8 Å². The predicted molar refractivity (Wildman–Crippen MR) is 123 cm³/mol. The fraction of sp³-hybridized carbons (Fsp3) is 0.391. The number of amides is 2. The smallest absolute Gasteiger partial charge is 0.261 e. The van der Waals surface area contributed by atoms with Gasteiger partial charge in [0, 0.05) is 18.7 Å². The van der Waals surface area contributed by atoms with Crippen LogP contribution in [0, 0.1) is 10.6 Å². The number of guanidine groups is 1. The van der Waals surface area contributed by atoms with Gasteiger partial charge < -0.3 is 20.6 Å². The highest BCUT2D eigenvalue weighted by atomic mass is 35.5. The summed E-state index contributed by atoms with van der Waals surface area (Å²) in [5.41, 5.74) is 0.203. The maximum Gasteiger partial charge on any atom is 0.261 e. The summed E-state index contributed by atoms with van der Waals surface area (Å²) >= 11 is 6.66. The number of nitrogens with zero attached hydrogens (tertiary/aromatic N) is 2. The standard InChI is InChI=1S/C23H26ClN5O4/c1-14-11-16(8-10-33-14)29-19(30)12-23(2,27-22(29)25)17-6-3-7-18(20(17)24)26-21(31)15-5-4-9-28(32)13-15/h3-7,9,13-14,16H,8,10-12H2,1-2H3,(H2,25,27)(H,26,31)/t14-,16-,23+/m1/s1. The molecular formula is C23H26ClN5O4. The molecule has 0 spiro atoms. The van der Waals surface area contributed by atoms with E-state index in [1.807, 2.05) is 13.8 Å². The average molecular weight is 472 g/mol. The van der Waals surface area contributed by atoms with Gasteiger partial charge in [0.05, 0.1) is 28.8 Å². The number of hydrogen-bond donors (Lipinski definition) is 3. The van der Waals surface area contributed by atoms with Crippen LogP contribution >= 0.6 is 11.6 Å². The summed E-state index contributed by atoms with van der Waals surface area (Å²) in [6, 6.07) is 8.07. The molecule has 2 aromatic rings. The average Bonchev–Trinajstić information content (AvgIpc) is 2.74. The van der Waals surface area contributed by atoms with Gasteiger partial charge in [-0.2, -0.15) is 4.73 Å². The van der Waals surface area contributed by atoms with Crippen LogP contribution in [0.25, 0.3) is 0 Å². The molecule has 3 atom stereocenters. The maximum atomic E-state index is 13.2. The Morgan fingerprint density at radius 3 is 2.88 bits per heavy atom. The van der Waals surface area contributed by atoms with Crippen molar-refractivity contribution in [3.8, 4) is 0 Å². The van der Waals surface area contributed by atoms with Crippen LogP contribution in [0.3, 0.4) is 0 Å². The van der Waals surface area contributed by atoms with Crippen molar-refractivity contribution in [1.29, 1.82) is 5.41 Å². The fourth-order valence-electron chi connectivity index (χ4n) is 4.47. The minimum absolute atomic E-state index is 0.0302. The van der Waals surface area contributed by atoms with Crippen LogP contribution in [0.4, 0.5) is 5.69 Å². The molecule has 3 heterocycles. The van der Waals surface area contributed by atoms with E-state index in [2.05, 4.69) is 10.6 Å². The molecule has 174 valence electrons. The molecule has 2 saturated heterocycles. The molecule has 2 aliphatic rings. The van der Waals surface area contributed by atoms with Gasteiger partial charge in [0.25, 0.3) is 5.91 Å². The minimum Gasteiger partial charge on any atom is -0.619 e. The Morgan fingerprint density at radius 1 is 1.39 bits per heavy atom. The zero-order valence-corrected chi connectivity index (χ0v) is 19.2. The lowest BCUT2D eigenvalue weighted by Crippen LogP contribution is -2.63. The Kier molecular flexibility index (Phi) is 6.27. The molecule has 0 radical (unpaired) electrons. The Balaban J connectivity index is 1.56. The first-order chi connectivity index (χ1) is 15.7. The first-order valence-electron chi connectivity index (χ1n) is 10.8. The summed E-state index contributed by atoms with van der Waals surface area (Å²) in [6.07, 6.45) is 3.96. The molecule has 33 heavy (non-hydrogen) atoms. The fourth-order valence-corrected chi connectivity index (χ4v) is 4.86. The van der Waals surface area contributed by atoms with Gasteiger partial charge in [0.1, 0.15) is 5.56 Å². The van der Waals surface area contributed by atoms with Crippen molar-refractivity contribution in [1.82, 2.24) is 10.2 Å². The first-order valence-corrected chi connectivity index (χ1v) is 11.2. The second kappa shape index (κ2) is 8.99. The van der Waals surface area contributed by atoms with Crippen LogP contribution < -0.4 is 15.4 Å². The van der Waals surface area contributed by atoms with E-state index in [0.29, 0.717) is 35.4 Å². The lowest BCUT2D eigenvalue weighted by Gasteiger charge is -2.45. The molecule has 0 saturated carbocycles. The molecule has 10 heteroatoms. The number of benzene rings is 1. The highest BCUT2D eigenvalue weighted by Crippen LogP contribution is 2.38. The number of carbonyl (C=O) groups is 2. The summed E-state index contributed by atoms with van der Waals surface area (Å²) in [4.78, 5) is 27.3. The van der Waals surface area contributed by atoms with Crippen molar-refractivity contribution >= 4 is 35.1 Å². The van der Waals surface area contributed by atoms with Crippen LogP contribution in [-0.2, 0) is 15.1 Å². The van der Waals surface area contributed by atoms with E-state index in [1.54, 1.807) is 18.2 Å². The summed E-state index contributed by atoms with van der Waals surface area (Å²) in [6.45, 7) is 4.34. The number of hydrogen-bond acceptors (Lipinski definition) is 5. The summed E-state index contributed by atoms with van der Waals surface area (Å²) in [7, 11) is 0.